The van der Waals surface area contributed by atoms with Gasteiger partial charge in [0, 0.05) is 44.3 Å². The average Bonchev–Trinajstić information content (AvgIpc) is 3.13. The predicted octanol–water partition coefficient (Wildman–Crippen LogP) is 2.53. The predicted molar refractivity (Wildman–Crippen MR) is 114 cm³/mol. The number of nitrogens with one attached hydrogen (secondary N) is 3. The fourth-order valence-electron chi connectivity index (χ4n) is 3.35. The Hall–Kier alpha value is -2.02. The van der Waals surface area contributed by atoms with E-state index in [9.17, 15) is 4.79 Å². The van der Waals surface area contributed by atoms with Crippen LogP contribution >= 0.6 is 0 Å². The van der Waals surface area contributed by atoms with Gasteiger partial charge in [0.05, 0.1) is 6.26 Å². The Morgan fingerprint density at radius 1 is 1.25 bits per heavy atom. The van der Waals surface area contributed by atoms with Crippen LogP contribution in [0.5, 0.6) is 0 Å². The number of hydrogen-bond donors (Lipinski definition) is 3. The molecule has 158 valence electrons. The molecule has 7 nitrogen and oxygen atoms in total. The topological polar surface area (TPSA) is 81.9 Å². The van der Waals surface area contributed by atoms with Crippen molar-refractivity contribution in [1.82, 2.24) is 20.9 Å². The molecule has 1 aliphatic rings. The van der Waals surface area contributed by atoms with E-state index in [-0.39, 0.29) is 5.91 Å². The van der Waals surface area contributed by atoms with E-state index in [0.717, 1.165) is 50.4 Å². The molecule has 3 N–H and O–H groups in total. The van der Waals surface area contributed by atoms with E-state index in [0.29, 0.717) is 24.9 Å². The number of unbranched alkanes of at least 4 members (excludes halogenated alkanes) is 1. The van der Waals surface area contributed by atoms with Crippen LogP contribution in [0.25, 0.3) is 0 Å². The average molecular weight is 392 g/mol. The summed E-state index contributed by atoms with van der Waals surface area (Å²) in [6.45, 7) is 11.8. The fourth-order valence-corrected chi connectivity index (χ4v) is 3.35. The molecule has 1 aliphatic heterocycles. The lowest BCUT2D eigenvalue weighted by Crippen LogP contribution is -2.48. The lowest BCUT2D eigenvalue weighted by atomic mass is 10.0. The third-order valence-corrected chi connectivity index (χ3v) is 5.06. The molecule has 2 rings (SSSR count). The largest absolute Gasteiger partial charge is 0.459 e. The van der Waals surface area contributed by atoms with Crippen molar-refractivity contribution < 1.29 is 9.21 Å². The second-order valence-electron chi connectivity index (χ2n) is 7.42. The monoisotopic (exact) mass is 391 g/mol. The van der Waals surface area contributed by atoms with E-state index in [1.807, 2.05) is 6.92 Å². The van der Waals surface area contributed by atoms with Crippen LogP contribution in [0.4, 0.5) is 0 Å². The Labute approximate surface area is 169 Å². The molecule has 0 radical (unpaired) electrons. The van der Waals surface area contributed by atoms with Crippen molar-refractivity contribution in [1.29, 1.82) is 0 Å². The molecule has 1 aromatic heterocycles. The maximum absolute atomic E-state index is 12.0. The Kier molecular flexibility index (Phi) is 9.90. The Balaban J connectivity index is 1.67. The van der Waals surface area contributed by atoms with Gasteiger partial charge in [0.25, 0.3) is 5.91 Å². The smallest absolute Gasteiger partial charge is 0.287 e. The van der Waals surface area contributed by atoms with Gasteiger partial charge < -0.3 is 25.3 Å². The van der Waals surface area contributed by atoms with Crippen LogP contribution in [-0.2, 0) is 0 Å². The van der Waals surface area contributed by atoms with Crippen LogP contribution in [0.3, 0.4) is 0 Å². The van der Waals surface area contributed by atoms with Crippen LogP contribution in [-0.4, -0.2) is 62.1 Å². The molecule has 0 aliphatic carbocycles. The van der Waals surface area contributed by atoms with Crippen LogP contribution in [0, 0.1) is 6.92 Å². The molecule has 1 fully saturated rings. The summed E-state index contributed by atoms with van der Waals surface area (Å²) < 4.78 is 5.20. The van der Waals surface area contributed by atoms with E-state index >= 15 is 0 Å². The lowest BCUT2D eigenvalue weighted by Gasteiger charge is -2.33. The molecule has 1 saturated heterocycles. The van der Waals surface area contributed by atoms with Crippen molar-refractivity contribution in [2.45, 2.75) is 58.9 Å². The molecule has 0 spiro atoms. The molecule has 0 unspecified atom stereocenters. The number of hydrogen-bond acceptors (Lipinski definition) is 4. The molecule has 0 atom stereocenters. The number of carbonyl (C=O) groups is 1. The van der Waals surface area contributed by atoms with Gasteiger partial charge in [0.1, 0.15) is 0 Å². The highest BCUT2D eigenvalue weighted by Gasteiger charge is 2.19. The minimum absolute atomic E-state index is 0.161. The molecular weight excluding hydrogens is 354 g/mol. The van der Waals surface area contributed by atoms with E-state index < -0.39 is 0 Å². The number of rotatable bonds is 10. The first kappa shape index (κ1) is 22.3. The highest BCUT2D eigenvalue weighted by atomic mass is 16.3. The van der Waals surface area contributed by atoms with Crippen LogP contribution in [0.1, 0.15) is 62.1 Å². The summed E-state index contributed by atoms with van der Waals surface area (Å²) in [6, 6.07) is 2.28. The molecule has 28 heavy (non-hydrogen) atoms. The van der Waals surface area contributed by atoms with Gasteiger partial charge in [-0.05, 0) is 52.1 Å². The first-order chi connectivity index (χ1) is 13.6. The molecule has 0 bridgehead atoms. The van der Waals surface area contributed by atoms with Gasteiger partial charge in [-0.15, -0.1) is 0 Å². The summed E-state index contributed by atoms with van der Waals surface area (Å²) >= 11 is 0. The molecule has 1 aromatic rings. The van der Waals surface area contributed by atoms with Gasteiger partial charge in [-0.25, -0.2) is 0 Å². The van der Waals surface area contributed by atoms with Crippen LogP contribution in [0.2, 0.25) is 0 Å². The van der Waals surface area contributed by atoms with Gasteiger partial charge in [0.2, 0.25) is 0 Å². The number of likely N-dealkylation sites (tertiary alicyclic amines) is 1. The van der Waals surface area contributed by atoms with Crippen molar-refractivity contribution in [2.75, 3.05) is 39.3 Å². The van der Waals surface area contributed by atoms with E-state index in [1.54, 1.807) is 6.07 Å². The van der Waals surface area contributed by atoms with Crippen molar-refractivity contribution in [3.63, 3.8) is 0 Å². The lowest BCUT2D eigenvalue weighted by molar-refractivity contribution is 0.0925. The zero-order chi connectivity index (χ0) is 20.2. The molecule has 1 amide bonds. The summed E-state index contributed by atoms with van der Waals surface area (Å²) in [7, 11) is 0. The zero-order valence-corrected chi connectivity index (χ0v) is 17.7. The summed E-state index contributed by atoms with van der Waals surface area (Å²) in [5.74, 6) is 1.11. The number of carbonyl (C=O) groups excluding carboxylic acids is 1. The van der Waals surface area contributed by atoms with Gasteiger partial charge in [-0.3, -0.25) is 9.79 Å². The number of aliphatic imine (C=N–C) groups is 1. The van der Waals surface area contributed by atoms with E-state index in [1.165, 1.54) is 25.6 Å². The van der Waals surface area contributed by atoms with Gasteiger partial charge in [-0.1, -0.05) is 13.3 Å². The van der Waals surface area contributed by atoms with E-state index in [2.05, 4.69) is 39.7 Å². The summed E-state index contributed by atoms with van der Waals surface area (Å²) in [5.41, 5.74) is 0.856. The first-order valence-electron chi connectivity index (χ1n) is 10.7. The quantitative estimate of drug-likeness (QED) is 0.324. The second kappa shape index (κ2) is 12.4. The van der Waals surface area contributed by atoms with Crippen molar-refractivity contribution in [2.24, 2.45) is 4.99 Å². The molecule has 2 heterocycles. The third kappa shape index (κ3) is 7.54. The number of aryl methyl sites for hydroxylation is 1. The number of guanidine groups is 1. The van der Waals surface area contributed by atoms with Gasteiger partial charge >= 0.3 is 0 Å². The van der Waals surface area contributed by atoms with Gasteiger partial charge in [0.15, 0.2) is 11.7 Å². The maximum atomic E-state index is 12.0. The first-order valence-corrected chi connectivity index (χ1v) is 10.7. The Bertz CT molecular complexity index is 606. The fraction of sp³-hybridized carbons (Fsp3) is 0.714. The standard InChI is InChI=1S/C21H37N5O2/c1-4-6-13-26-14-8-18(9-15-26)25-21(22-5-2)24-12-7-11-23-20(27)19-17(3)10-16-28-19/h10,16,18H,4-9,11-15H2,1-3H3,(H,23,27)(H2,22,24,25). The zero-order valence-electron chi connectivity index (χ0n) is 17.7. The van der Waals surface area contributed by atoms with Crippen molar-refractivity contribution in [3.05, 3.63) is 23.7 Å². The summed E-state index contributed by atoms with van der Waals surface area (Å²) in [4.78, 5) is 19.2. The molecular formula is C21H37N5O2. The second-order valence-corrected chi connectivity index (χ2v) is 7.42. The number of furan rings is 1. The van der Waals surface area contributed by atoms with Gasteiger partial charge in [-0.2, -0.15) is 0 Å². The Morgan fingerprint density at radius 3 is 2.68 bits per heavy atom. The maximum Gasteiger partial charge on any atom is 0.287 e. The molecule has 0 saturated carbocycles. The number of piperidine rings is 1. The summed E-state index contributed by atoms with van der Waals surface area (Å²) in [6.07, 6.45) is 7.20. The Morgan fingerprint density at radius 2 is 2.04 bits per heavy atom. The van der Waals surface area contributed by atoms with Crippen molar-refractivity contribution in [3.8, 4) is 0 Å². The van der Waals surface area contributed by atoms with Crippen LogP contribution < -0.4 is 16.0 Å². The minimum atomic E-state index is -0.161. The third-order valence-electron chi connectivity index (χ3n) is 5.06. The highest BCUT2D eigenvalue weighted by Crippen LogP contribution is 2.11. The number of amides is 1. The minimum Gasteiger partial charge on any atom is -0.459 e. The van der Waals surface area contributed by atoms with Crippen LogP contribution in [0.15, 0.2) is 21.7 Å². The molecule has 7 heteroatoms. The van der Waals surface area contributed by atoms with E-state index in [4.69, 9.17) is 4.42 Å². The summed E-state index contributed by atoms with van der Waals surface area (Å²) in [5, 5.41) is 9.79. The van der Waals surface area contributed by atoms with Crippen molar-refractivity contribution >= 4 is 11.9 Å². The SMILES string of the molecule is CCCCN1CCC(NC(=NCCCNC(=O)c2occc2C)NCC)CC1. The molecule has 0 aromatic carbocycles. The highest BCUT2D eigenvalue weighted by molar-refractivity contribution is 5.92. The number of nitrogens with zero attached hydrogens (tertiary/aromatic N) is 2. The normalized spacial score (nSPS) is 16.2.